The molecule has 0 radical (unpaired) electrons. The average Bonchev–Trinajstić information content (AvgIpc) is 2.47. The predicted octanol–water partition coefficient (Wildman–Crippen LogP) is 3.85. The largest absolute Gasteiger partial charge is 0.497 e. The summed E-state index contributed by atoms with van der Waals surface area (Å²) in [4.78, 5) is 0. The molecule has 0 aromatic heterocycles. The van der Waals surface area contributed by atoms with Crippen molar-refractivity contribution >= 4 is 11.6 Å². The van der Waals surface area contributed by atoms with Gasteiger partial charge < -0.3 is 10.1 Å². The molecule has 0 saturated carbocycles. The Bertz CT molecular complexity index is 507. The van der Waals surface area contributed by atoms with E-state index in [9.17, 15) is 0 Å². The Morgan fingerprint density at radius 3 is 2.21 bits per heavy atom. The maximum Gasteiger partial charge on any atom is 0.118 e. The van der Waals surface area contributed by atoms with Crippen LogP contribution in [0.1, 0.15) is 17.2 Å². The summed E-state index contributed by atoms with van der Waals surface area (Å²) in [7, 11) is 3.66. The Kier molecular flexibility index (Phi) is 4.83. The number of benzene rings is 2. The van der Waals surface area contributed by atoms with Crippen molar-refractivity contribution in [2.24, 2.45) is 0 Å². The van der Waals surface area contributed by atoms with Gasteiger partial charge in [-0.1, -0.05) is 35.9 Å². The van der Waals surface area contributed by atoms with Gasteiger partial charge in [-0.05, 0) is 48.9 Å². The molecule has 3 heteroatoms. The zero-order valence-electron chi connectivity index (χ0n) is 11.2. The molecule has 1 N–H and O–H groups in total. The second-order valence-corrected chi connectivity index (χ2v) is 4.88. The average molecular weight is 276 g/mol. The van der Waals surface area contributed by atoms with Gasteiger partial charge in [0.05, 0.1) is 7.11 Å². The van der Waals surface area contributed by atoms with Crippen LogP contribution in [0.5, 0.6) is 5.75 Å². The zero-order valence-corrected chi connectivity index (χ0v) is 11.9. The molecule has 0 heterocycles. The highest BCUT2D eigenvalue weighted by molar-refractivity contribution is 6.30. The molecule has 0 aliphatic rings. The summed E-state index contributed by atoms with van der Waals surface area (Å²) >= 11 is 5.90. The lowest BCUT2D eigenvalue weighted by Crippen LogP contribution is -2.18. The fourth-order valence-electron chi connectivity index (χ4n) is 2.08. The molecule has 0 fully saturated rings. The van der Waals surface area contributed by atoms with Crippen molar-refractivity contribution in [3.05, 3.63) is 64.7 Å². The fourth-order valence-corrected chi connectivity index (χ4v) is 2.20. The van der Waals surface area contributed by atoms with Crippen LogP contribution in [0.2, 0.25) is 5.02 Å². The van der Waals surface area contributed by atoms with E-state index in [1.165, 1.54) is 11.1 Å². The molecule has 1 atom stereocenters. The van der Waals surface area contributed by atoms with Gasteiger partial charge in [0, 0.05) is 11.1 Å². The van der Waals surface area contributed by atoms with E-state index in [1.54, 1.807) is 7.11 Å². The number of hydrogen-bond acceptors (Lipinski definition) is 2. The second-order valence-electron chi connectivity index (χ2n) is 4.45. The minimum absolute atomic E-state index is 0.284. The normalized spacial score (nSPS) is 12.2. The van der Waals surface area contributed by atoms with E-state index in [0.717, 1.165) is 17.2 Å². The first-order chi connectivity index (χ1) is 9.22. The molecule has 1 unspecified atom stereocenters. The molecule has 0 amide bonds. The molecule has 0 spiro atoms. The third kappa shape index (κ3) is 3.72. The van der Waals surface area contributed by atoms with Gasteiger partial charge in [0.25, 0.3) is 0 Å². The van der Waals surface area contributed by atoms with Crippen LogP contribution in [0.15, 0.2) is 48.5 Å². The van der Waals surface area contributed by atoms with Gasteiger partial charge in [0.2, 0.25) is 0 Å². The highest BCUT2D eigenvalue weighted by Gasteiger charge is 2.10. The summed E-state index contributed by atoms with van der Waals surface area (Å²) in [5.74, 6) is 0.880. The summed E-state index contributed by atoms with van der Waals surface area (Å²) in [6.07, 6.45) is 0.931. The topological polar surface area (TPSA) is 21.3 Å². The summed E-state index contributed by atoms with van der Waals surface area (Å²) in [6.45, 7) is 0. The van der Waals surface area contributed by atoms with E-state index in [1.807, 2.05) is 31.3 Å². The van der Waals surface area contributed by atoms with Crippen LogP contribution in [0.4, 0.5) is 0 Å². The lowest BCUT2D eigenvalue weighted by atomic mass is 9.99. The van der Waals surface area contributed by atoms with E-state index in [4.69, 9.17) is 16.3 Å². The molecule has 100 valence electrons. The molecule has 0 aliphatic heterocycles. The van der Waals surface area contributed by atoms with Gasteiger partial charge in [-0.2, -0.15) is 0 Å². The molecule has 2 aromatic rings. The highest BCUT2D eigenvalue weighted by Crippen LogP contribution is 2.21. The molecular formula is C16H18ClNO. The maximum absolute atomic E-state index is 5.90. The first-order valence-corrected chi connectivity index (χ1v) is 6.66. The third-order valence-corrected chi connectivity index (χ3v) is 3.47. The number of rotatable bonds is 5. The fraction of sp³-hybridized carbons (Fsp3) is 0.250. The summed E-state index contributed by atoms with van der Waals surface area (Å²) < 4.78 is 5.18. The molecule has 2 rings (SSSR count). The first kappa shape index (κ1) is 13.9. The summed E-state index contributed by atoms with van der Waals surface area (Å²) in [5.41, 5.74) is 2.51. The van der Waals surface area contributed by atoms with Crippen LogP contribution in [0, 0.1) is 0 Å². The van der Waals surface area contributed by atoms with Crippen molar-refractivity contribution in [1.82, 2.24) is 5.32 Å². The Balaban J connectivity index is 2.12. The number of nitrogens with one attached hydrogen (secondary N) is 1. The smallest absolute Gasteiger partial charge is 0.118 e. The van der Waals surface area contributed by atoms with Crippen LogP contribution >= 0.6 is 11.6 Å². The molecule has 19 heavy (non-hydrogen) atoms. The van der Waals surface area contributed by atoms with Crippen LogP contribution in [0.3, 0.4) is 0 Å². The van der Waals surface area contributed by atoms with Gasteiger partial charge in [0.15, 0.2) is 0 Å². The number of halogens is 1. The lowest BCUT2D eigenvalue weighted by molar-refractivity contribution is 0.414. The maximum atomic E-state index is 5.90. The van der Waals surface area contributed by atoms with Crippen molar-refractivity contribution in [2.45, 2.75) is 12.5 Å². The molecule has 0 bridgehead atoms. The van der Waals surface area contributed by atoms with E-state index in [-0.39, 0.29) is 6.04 Å². The number of hydrogen-bond donors (Lipinski definition) is 1. The highest BCUT2D eigenvalue weighted by atomic mass is 35.5. The molecule has 2 nitrogen and oxygen atoms in total. The summed E-state index contributed by atoms with van der Waals surface area (Å²) in [6, 6.07) is 16.4. The van der Waals surface area contributed by atoms with Gasteiger partial charge in [-0.25, -0.2) is 0 Å². The monoisotopic (exact) mass is 275 g/mol. The Morgan fingerprint density at radius 1 is 1.05 bits per heavy atom. The van der Waals surface area contributed by atoms with Crippen LogP contribution in [-0.4, -0.2) is 14.2 Å². The molecular weight excluding hydrogens is 258 g/mol. The van der Waals surface area contributed by atoms with Gasteiger partial charge in [-0.3, -0.25) is 0 Å². The predicted molar refractivity (Wildman–Crippen MR) is 80.0 cm³/mol. The minimum atomic E-state index is 0.284. The molecule has 0 aliphatic carbocycles. The van der Waals surface area contributed by atoms with E-state index in [2.05, 4.69) is 29.6 Å². The number of ether oxygens (including phenoxy) is 1. The van der Waals surface area contributed by atoms with Crippen molar-refractivity contribution in [1.29, 1.82) is 0 Å². The molecule has 0 saturated heterocycles. The summed E-state index contributed by atoms with van der Waals surface area (Å²) in [5, 5.41) is 4.12. The molecule has 2 aromatic carbocycles. The van der Waals surface area contributed by atoms with E-state index in [0.29, 0.717) is 0 Å². The van der Waals surface area contributed by atoms with Crippen molar-refractivity contribution in [3.63, 3.8) is 0 Å². The van der Waals surface area contributed by atoms with Crippen molar-refractivity contribution in [2.75, 3.05) is 14.2 Å². The van der Waals surface area contributed by atoms with Crippen molar-refractivity contribution in [3.8, 4) is 5.75 Å². The minimum Gasteiger partial charge on any atom is -0.497 e. The zero-order chi connectivity index (χ0) is 13.7. The lowest BCUT2D eigenvalue weighted by Gasteiger charge is -2.17. The van der Waals surface area contributed by atoms with Gasteiger partial charge in [-0.15, -0.1) is 0 Å². The van der Waals surface area contributed by atoms with Crippen LogP contribution in [0.25, 0.3) is 0 Å². The first-order valence-electron chi connectivity index (χ1n) is 6.28. The number of likely N-dealkylation sites (N-methyl/N-ethyl adjacent to an activating group) is 1. The van der Waals surface area contributed by atoms with Gasteiger partial charge in [0.1, 0.15) is 5.75 Å². The standard InChI is InChI=1S/C16H18ClNO/c1-18-16(11-12-3-7-14(17)8-4-12)13-5-9-15(19-2)10-6-13/h3-10,16,18H,11H2,1-2H3. The SMILES string of the molecule is CNC(Cc1ccc(Cl)cc1)c1ccc(OC)cc1. The van der Waals surface area contributed by atoms with E-state index < -0.39 is 0 Å². The Hall–Kier alpha value is -1.51. The van der Waals surface area contributed by atoms with Crippen LogP contribution < -0.4 is 10.1 Å². The Labute approximate surface area is 119 Å². The van der Waals surface area contributed by atoms with Gasteiger partial charge >= 0.3 is 0 Å². The third-order valence-electron chi connectivity index (χ3n) is 3.22. The quantitative estimate of drug-likeness (QED) is 0.895. The van der Waals surface area contributed by atoms with Crippen LogP contribution in [-0.2, 0) is 6.42 Å². The van der Waals surface area contributed by atoms with E-state index >= 15 is 0 Å². The Morgan fingerprint density at radius 2 is 1.68 bits per heavy atom. The van der Waals surface area contributed by atoms with Crippen molar-refractivity contribution < 1.29 is 4.74 Å². The number of methoxy groups -OCH3 is 1. The second kappa shape index (κ2) is 6.60.